The second-order valence-electron chi connectivity index (χ2n) is 7.31. The van der Waals surface area contributed by atoms with Crippen molar-refractivity contribution in [2.24, 2.45) is 0 Å². The number of nitrogens with zero attached hydrogens (tertiary/aromatic N) is 4. The fraction of sp³-hybridized carbons (Fsp3) is 0.579. The summed E-state index contributed by atoms with van der Waals surface area (Å²) in [4.78, 5) is 14.0. The van der Waals surface area contributed by atoms with Gasteiger partial charge in [-0.15, -0.1) is 0 Å². The molecule has 2 N–H and O–H groups in total. The highest BCUT2D eigenvalue weighted by atomic mass is 16.3. The first-order chi connectivity index (χ1) is 12.2. The van der Waals surface area contributed by atoms with Crippen LogP contribution in [0.25, 0.3) is 11.0 Å². The minimum Gasteiger partial charge on any atom is -0.394 e. The summed E-state index contributed by atoms with van der Waals surface area (Å²) in [6, 6.07) is 7.97. The quantitative estimate of drug-likeness (QED) is 0.875. The van der Waals surface area contributed by atoms with Gasteiger partial charge in [0.25, 0.3) is 0 Å². The van der Waals surface area contributed by atoms with Crippen molar-refractivity contribution in [1.82, 2.24) is 14.9 Å². The van der Waals surface area contributed by atoms with Crippen LogP contribution in [0, 0.1) is 0 Å². The van der Waals surface area contributed by atoms with Gasteiger partial charge >= 0.3 is 0 Å². The van der Waals surface area contributed by atoms with Gasteiger partial charge in [0.15, 0.2) is 0 Å². The highest BCUT2D eigenvalue weighted by Gasteiger charge is 2.43. The number of aliphatic hydroxyl groups excluding tert-OH is 2. The lowest BCUT2D eigenvalue weighted by Gasteiger charge is -2.45. The van der Waals surface area contributed by atoms with Crippen LogP contribution in [0.3, 0.4) is 0 Å². The summed E-state index contributed by atoms with van der Waals surface area (Å²) in [5.41, 5.74) is 2.05. The summed E-state index contributed by atoms with van der Waals surface area (Å²) in [6.45, 7) is 3.35. The Kier molecular flexibility index (Phi) is 4.58. The zero-order valence-electron chi connectivity index (χ0n) is 14.5. The topological polar surface area (TPSA) is 72.7 Å². The molecule has 0 unspecified atom stereocenters. The molecule has 3 heterocycles. The van der Waals surface area contributed by atoms with Crippen molar-refractivity contribution in [1.29, 1.82) is 0 Å². The molecule has 0 amide bonds. The number of aromatic nitrogens is 2. The van der Waals surface area contributed by atoms with Crippen LogP contribution in [-0.4, -0.2) is 69.5 Å². The number of para-hydroxylation sites is 2. The molecule has 1 spiro atoms. The third-order valence-electron chi connectivity index (χ3n) is 5.84. The van der Waals surface area contributed by atoms with E-state index in [1.54, 1.807) is 0 Å². The van der Waals surface area contributed by atoms with Crippen molar-refractivity contribution in [3.8, 4) is 0 Å². The first-order valence-electron chi connectivity index (χ1n) is 9.21. The van der Waals surface area contributed by atoms with Crippen LogP contribution in [-0.2, 0) is 0 Å². The van der Waals surface area contributed by atoms with Crippen LogP contribution >= 0.6 is 0 Å². The zero-order chi connectivity index (χ0) is 17.3. The Bertz CT molecular complexity index is 730. The van der Waals surface area contributed by atoms with E-state index in [1.807, 2.05) is 30.5 Å². The van der Waals surface area contributed by atoms with Crippen molar-refractivity contribution in [3.63, 3.8) is 0 Å². The van der Waals surface area contributed by atoms with Crippen molar-refractivity contribution >= 4 is 16.9 Å². The van der Waals surface area contributed by atoms with E-state index in [9.17, 15) is 5.11 Å². The Labute approximate surface area is 148 Å². The Balaban J connectivity index is 1.46. The van der Waals surface area contributed by atoms with Gasteiger partial charge in [0.2, 0.25) is 0 Å². The highest BCUT2D eigenvalue weighted by Crippen LogP contribution is 2.39. The van der Waals surface area contributed by atoms with Gasteiger partial charge in [-0.05, 0) is 44.4 Å². The number of aliphatic hydroxyl groups is 2. The molecule has 6 nitrogen and oxygen atoms in total. The van der Waals surface area contributed by atoms with Gasteiger partial charge in [-0.3, -0.25) is 9.88 Å². The molecule has 0 saturated carbocycles. The Morgan fingerprint density at radius 3 is 2.60 bits per heavy atom. The lowest BCUT2D eigenvalue weighted by atomic mass is 9.84. The van der Waals surface area contributed by atoms with Gasteiger partial charge in [-0.2, -0.15) is 0 Å². The average molecular weight is 342 g/mol. The Morgan fingerprint density at radius 2 is 1.84 bits per heavy atom. The maximum absolute atomic E-state index is 9.84. The second kappa shape index (κ2) is 6.86. The molecule has 1 atom stereocenters. The van der Waals surface area contributed by atoms with Crippen molar-refractivity contribution in [2.45, 2.75) is 37.3 Å². The molecule has 6 heteroatoms. The van der Waals surface area contributed by atoms with Gasteiger partial charge in [-0.1, -0.05) is 12.1 Å². The molecule has 25 heavy (non-hydrogen) atoms. The molecule has 134 valence electrons. The van der Waals surface area contributed by atoms with E-state index in [1.165, 1.54) is 12.8 Å². The third-order valence-corrected chi connectivity index (χ3v) is 5.84. The maximum atomic E-state index is 9.84. The van der Waals surface area contributed by atoms with Gasteiger partial charge in [0.05, 0.1) is 29.9 Å². The van der Waals surface area contributed by atoms with Crippen LogP contribution in [0.15, 0.2) is 30.5 Å². The number of β-amino-alcohol motifs (C(OH)–C–C–N with tert-alkyl or cyclic N) is 1. The Morgan fingerprint density at radius 1 is 1.08 bits per heavy atom. The minimum atomic E-state index is -0.639. The van der Waals surface area contributed by atoms with Crippen LogP contribution in [0.2, 0.25) is 0 Å². The molecular formula is C19H26N4O2. The van der Waals surface area contributed by atoms with E-state index in [0.717, 1.165) is 49.3 Å². The summed E-state index contributed by atoms with van der Waals surface area (Å²) >= 11 is 0. The largest absolute Gasteiger partial charge is 0.394 e. The van der Waals surface area contributed by atoms with Gasteiger partial charge in [0.1, 0.15) is 5.82 Å². The monoisotopic (exact) mass is 342 g/mol. The summed E-state index contributed by atoms with van der Waals surface area (Å²) < 4.78 is 0. The fourth-order valence-electron chi connectivity index (χ4n) is 4.41. The molecule has 2 fully saturated rings. The first-order valence-corrected chi connectivity index (χ1v) is 9.21. The molecule has 0 radical (unpaired) electrons. The molecule has 0 aliphatic carbocycles. The molecular weight excluding hydrogens is 316 g/mol. The third kappa shape index (κ3) is 3.21. The normalized spacial score (nSPS) is 21.9. The van der Waals surface area contributed by atoms with Gasteiger partial charge in [-0.25, -0.2) is 4.98 Å². The summed E-state index contributed by atoms with van der Waals surface area (Å²) in [5.74, 6) is 0.952. The van der Waals surface area contributed by atoms with Crippen LogP contribution in [0.1, 0.15) is 25.7 Å². The van der Waals surface area contributed by atoms with Crippen LogP contribution in [0.4, 0.5) is 5.82 Å². The standard InChI is InChI=1S/C19H26N4O2/c24-14-15(25)13-23-9-3-6-19(23)7-10-22(11-8-19)18-12-20-16-4-1-2-5-17(16)21-18/h1-2,4-5,12,15,24-25H,3,6-11,13-14H2/t15-/m0/s1. The van der Waals surface area contributed by atoms with Crippen molar-refractivity contribution < 1.29 is 10.2 Å². The van der Waals surface area contributed by atoms with E-state index in [-0.39, 0.29) is 12.1 Å². The SMILES string of the molecule is OC[C@@H](O)CN1CCCC12CCN(c1cnc3ccccc3n1)CC2. The molecule has 0 bridgehead atoms. The number of anilines is 1. The number of hydrogen-bond donors (Lipinski definition) is 2. The van der Waals surface area contributed by atoms with E-state index >= 15 is 0 Å². The van der Waals surface area contributed by atoms with Gasteiger partial charge in [0, 0.05) is 25.2 Å². The van der Waals surface area contributed by atoms with E-state index in [0.29, 0.717) is 6.54 Å². The average Bonchev–Trinajstić information content (AvgIpc) is 3.03. The van der Waals surface area contributed by atoms with Crippen molar-refractivity contribution in [2.75, 3.05) is 37.7 Å². The van der Waals surface area contributed by atoms with Crippen LogP contribution < -0.4 is 4.90 Å². The predicted molar refractivity (Wildman–Crippen MR) is 97.6 cm³/mol. The molecule has 1 aromatic heterocycles. The maximum Gasteiger partial charge on any atom is 0.147 e. The molecule has 2 saturated heterocycles. The minimum absolute atomic E-state index is 0.161. The molecule has 2 aliphatic rings. The zero-order valence-corrected chi connectivity index (χ0v) is 14.5. The number of hydrogen-bond acceptors (Lipinski definition) is 6. The van der Waals surface area contributed by atoms with E-state index in [2.05, 4.69) is 14.8 Å². The summed E-state index contributed by atoms with van der Waals surface area (Å²) in [7, 11) is 0. The number of fused-ring (bicyclic) bond motifs is 1. The molecule has 2 aliphatic heterocycles. The predicted octanol–water partition coefficient (Wildman–Crippen LogP) is 1.42. The molecule has 1 aromatic carbocycles. The first kappa shape index (κ1) is 16.7. The summed E-state index contributed by atoms with van der Waals surface area (Å²) in [6.07, 6.45) is 5.73. The van der Waals surface area contributed by atoms with Gasteiger partial charge < -0.3 is 15.1 Å². The lowest BCUT2D eigenvalue weighted by molar-refractivity contribution is 0.0208. The Hall–Kier alpha value is -1.76. The fourth-order valence-corrected chi connectivity index (χ4v) is 4.41. The van der Waals surface area contributed by atoms with Crippen molar-refractivity contribution in [3.05, 3.63) is 30.5 Å². The number of piperidine rings is 1. The highest BCUT2D eigenvalue weighted by molar-refractivity contribution is 5.75. The number of benzene rings is 1. The second-order valence-corrected chi connectivity index (χ2v) is 7.31. The smallest absolute Gasteiger partial charge is 0.147 e. The number of rotatable bonds is 4. The lowest BCUT2D eigenvalue weighted by Crippen LogP contribution is -2.54. The summed E-state index contributed by atoms with van der Waals surface area (Å²) in [5, 5.41) is 19.0. The molecule has 4 rings (SSSR count). The number of likely N-dealkylation sites (tertiary alicyclic amines) is 1. The van der Waals surface area contributed by atoms with E-state index < -0.39 is 6.10 Å². The van der Waals surface area contributed by atoms with E-state index in [4.69, 9.17) is 10.1 Å². The van der Waals surface area contributed by atoms with Crippen LogP contribution in [0.5, 0.6) is 0 Å². The molecule has 2 aromatic rings.